The Labute approximate surface area is 215 Å². The van der Waals surface area contributed by atoms with Gasteiger partial charge in [0.2, 0.25) is 10.0 Å². The summed E-state index contributed by atoms with van der Waals surface area (Å²) < 4.78 is 37.4. The molecular formula is C26H42N2O7S. The van der Waals surface area contributed by atoms with Gasteiger partial charge >= 0.3 is 12.1 Å². The molecule has 9 nitrogen and oxygen atoms in total. The summed E-state index contributed by atoms with van der Waals surface area (Å²) >= 11 is 0. The van der Waals surface area contributed by atoms with Gasteiger partial charge in [-0.25, -0.2) is 17.9 Å². The average Bonchev–Trinajstić information content (AvgIpc) is 2.78. The number of rotatable bonds is 13. The molecule has 36 heavy (non-hydrogen) atoms. The highest BCUT2D eigenvalue weighted by Gasteiger charge is 2.27. The average molecular weight is 527 g/mol. The summed E-state index contributed by atoms with van der Waals surface area (Å²) in [6, 6.07) is 5.88. The molecular weight excluding hydrogens is 484 g/mol. The number of likely N-dealkylation sites (tertiary alicyclic amines) is 1. The predicted octanol–water partition coefficient (Wildman–Crippen LogP) is 4.21. The van der Waals surface area contributed by atoms with Gasteiger partial charge in [-0.05, 0) is 82.9 Å². The number of carbonyl (C=O) groups is 2. The lowest BCUT2D eigenvalue weighted by Gasteiger charge is -2.33. The monoisotopic (exact) mass is 526 g/mol. The third-order valence-corrected chi connectivity index (χ3v) is 7.59. The van der Waals surface area contributed by atoms with Crippen molar-refractivity contribution in [3.63, 3.8) is 0 Å². The summed E-state index contributed by atoms with van der Waals surface area (Å²) in [4.78, 5) is 25.5. The fourth-order valence-corrected chi connectivity index (χ4v) is 5.41. The minimum atomic E-state index is -3.62. The maximum absolute atomic E-state index is 12.2. The van der Waals surface area contributed by atoms with Crippen LogP contribution in [0, 0.1) is 5.92 Å². The van der Waals surface area contributed by atoms with Crippen LogP contribution in [-0.2, 0) is 26.0 Å². The fourth-order valence-electron chi connectivity index (χ4n) is 4.14. The van der Waals surface area contributed by atoms with Crippen LogP contribution in [0.3, 0.4) is 0 Å². The van der Waals surface area contributed by atoms with Crippen LogP contribution in [0.5, 0.6) is 5.75 Å². The molecule has 0 aromatic heterocycles. The van der Waals surface area contributed by atoms with Crippen LogP contribution in [-0.4, -0.2) is 67.6 Å². The van der Waals surface area contributed by atoms with Crippen LogP contribution < -0.4 is 9.46 Å². The lowest BCUT2D eigenvalue weighted by molar-refractivity contribution is -0.138. The second kappa shape index (κ2) is 13.8. The molecule has 1 aliphatic heterocycles. The third-order valence-electron chi connectivity index (χ3n) is 6.00. The Morgan fingerprint density at radius 3 is 2.33 bits per heavy atom. The summed E-state index contributed by atoms with van der Waals surface area (Å²) in [6.45, 7) is 9.44. The van der Waals surface area contributed by atoms with Crippen molar-refractivity contribution in [1.29, 1.82) is 0 Å². The number of unbranched alkanes of at least 4 members (excludes halogenated alkanes) is 1. The van der Waals surface area contributed by atoms with E-state index in [2.05, 4.69) is 4.72 Å². The topological polar surface area (TPSA) is 122 Å². The summed E-state index contributed by atoms with van der Waals surface area (Å²) in [6.07, 6.45) is 5.32. The standard InChI is InChI=1S/C26H42N2O7S/c1-5-18-36(32,33)27-23(24(29)30)19-21-9-11-22(12-10-21)34-17-7-6-8-20-13-15-28(16-14-20)25(31)35-26(2,3)4/h9-12,20,23,27H,5-8,13-19H2,1-4H3,(H,29,30)/t23-/m0/s1. The largest absolute Gasteiger partial charge is 0.494 e. The number of sulfonamides is 1. The minimum Gasteiger partial charge on any atom is -0.494 e. The van der Waals surface area contributed by atoms with E-state index < -0.39 is 27.6 Å². The van der Waals surface area contributed by atoms with E-state index in [4.69, 9.17) is 9.47 Å². The van der Waals surface area contributed by atoms with Gasteiger partial charge in [0.05, 0.1) is 12.4 Å². The first-order chi connectivity index (χ1) is 16.9. The fraction of sp³-hybridized carbons (Fsp3) is 0.692. The van der Waals surface area contributed by atoms with E-state index in [9.17, 15) is 23.1 Å². The zero-order valence-electron chi connectivity index (χ0n) is 22.0. The van der Waals surface area contributed by atoms with Gasteiger partial charge in [0.1, 0.15) is 17.4 Å². The van der Waals surface area contributed by atoms with Crippen molar-refractivity contribution < 1.29 is 32.6 Å². The number of hydrogen-bond acceptors (Lipinski definition) is 6. The van der Waals surface area contributed by atoms with Crippen molar-refractivity contribution in [3.05, 3.63) is 29.8 Å². The number of carbonyl (C=O) groups excluding carboxylic acids is 1. The van der Waals surface area contributed by atoms with E-state index >= 15 is 0 Å². The molecule has 1 aromatic rings. The smallest absolute Gasteiger partial charge is 0.410 e. The van der Waals surface area contributed by atoms with E-state index in [1.165, 1.54) is 0 Å². The second-order valence-corrected chi connectivity index (χ2v) is 12.3. The van der Waals surface area contributed by atoms with E-state index in [1.807, 2.05) is 20.8 Å². The molecule has 0 unspecified atom stereocenters. The predicted molar refractivity (Wildman–Crippen MR) is 139 cm³/mol. The lowest BCUT2D eigenvalue weighted by atomic mass is 9.92. The molecule has 204 valence electrons. The number of aliphatic carboxylic acids is 1. The van der Waals surface area contributed by atoms with Gasteiger partial charge in [0.15, 0.2) is 0 Å². The highest BCUT2D eigenvalue weighted by molar-refractivity contribution is 7.89. The minimum absolute atomic E-state index is 0.0608. The molecule has 1 saturated heterocycles. The van der Waals surface area contributed by atoms with Crippen LogP contribution >= 0.6 is 0 Å². The van der Waals surface area contributed by atoms with Crippen molar-refractivity contribution in [2.24, 2.45) is 5.92 Å². The number of carboxylic acid groups (broad SMARTS) is 1. The second-order valence-electron chi connectivity index (χ2n) is 10.4. The van der Waals surface area contributed by atoms with Crippen LogP contribution in [0.1, 0.15) is 71.8 Å². The van der Waals surface area contributed by atoms with Gasteiger partial charge in [-0.15, -0.1) is 0 Å². The zero-order chi connectivity index (χ0) is 26.8. The Bertz CT molecular complexity index is 934. The number of ether oxygens (including phenoxy) is 2. The van der Waals surface area contributed by atoms with Gasteiger partial charge in [0.25, 0.3) is 0 Å². The summed E-state index contributed by atoms with van der Waals surface area (Å²) in [5.41, 5.74) is 0.246. The first-order valence-corrected chi connectivity index (χ1v) is 14.5. The molecule has 1 heterocycles. The Hall–Kier alpha value is -2.33. The number of amides is 1. The number of carboxylic acids is 1. The van der Waals surface area contributed by atoms with Crippen molar-refractivity contribution in [2.75, 3.05) is 25.4 Å². The molecule has 1 aliphatic rings. The molecule has 0 aliphatic carbocycles. The first kappa shape index (κ1) is 29.9. The highest BCUT2D eigenvalue weighted by Crippen LogP contribution is 2.24. The van der Waals surface area contributed by atoms with E-state index in [-0.39, 0.29) is 18.3 Å². The van der Waals surface area contributed by atoms with Crippen LogP contribution in [0.4, 0.5) is 4.79 Å². The van der Waals surface area contributed by atoms with Gasteiger partial charge in [-0.3, -0.25) is 4.79 Å². The maximum atomic E-state index is 12.2. The third kappa shape index (κ3) is 11.2. The van der Waals surface area contributed by atoms with E-state index in [0.717, 1.165) is 45.2 Å². The molecule has 2 N–H and O–H groups in total. The number of hydrogen-bond donors (Lipinski definition) is 2. The molecule has 0 radical (unpaired) electrons. The van der Waals surface area contributed by atoms with Crippen LogP contribution in [0.25, 0.3) is 0 Å². The molecule has 1 fully saturated rings. The number of piperidine rings is 1. The number of nitrogens with one attached hydrogen (secondary N) is 1. The van der Waals surface area contributed by atoms with Crippen molar-refractivity contribution in [3.8, 4) is 5.75 Å². The van der Waals surface area contributed by atoms with Crippen molar-refractivity contribution >= 4 is 22.1 Å². The Morgan fingerprint density at radius 2 is 1.78 bits per heavy atom. The molecule has 1 aromatic carbocycles. The van der Waals surface area contributed by atoms with E-state index in [0.29, 0.717) is 30.3 Å². The summed E-state index contributed by atoms with van der Waals surface area (Å²) in [5, 5.41) is 9.38. The molecule has 1 amide bonds. The molecule has 0 saturated carbocycles. The Balaban J connectivity index is 1.67. The van der Waals surface area contributed by atoms with Crippen molar-refractivity contribution in [1.82, 2.24) is 9.62 Å². The highest BCUT2D eigenvalue weighted by atomic mass is 32.2. The summed E-state index contributed by atoms with van der Waals surface area (Å²) in [7, 11) is -3.62. The SMILES string of the molecule is CCCS(=O)(=O)N[C@@H](Cc1ccc(OCCCCC2CCN(C(=O)OC(C)(C)C)CC2)cc1)C(=O)O. The molecule has 1 atom stereocenters. The first-order valence-electron chi connectivity index (χ1n) is 12.8. The van der Waals surface area contributed by atoms with Crippen LogP contribution in [0.15, 0.2) is 24.3 Å². The molecule has 0 spiro atoms. The summed E-state index contributed by atoms with van der Waals surface area (Å²) in [5.74, 6) is 0.00254. The number of benzene rings is 1. The Kier molecular flexibility index (Phi) is 11.5. The molecule has 0 bridgehead atoms. The van der Waals surface area contributed by atoms with Crippen molar-refractivity contribution in [2.45, 2.75) is 84.3 Å². The van der Waals surface area contributed by atoms with E-state index in [1.54, 1.807) is 36.1 Å². The van der Waals surface area contributed by atoms with Gasteiger partial charge in [-0.1, -0.05) is 25.5 Å². The molecule has 2 rings (SSSR count). The Morgan fingerprint density at radius 1 is 1.14 bits per heavy atom. The van der Waals surface area contributed by atoms with Gasteiger partial charge < -0.3 is 19.5 Å². The maximum Gasteiger partial charge on any atom is 0.410 e. The lowest BCUT2D eigenvalue weighted by Crippen LogP contribution is -2.43. The van der Waals surface area contributed by atoms with Crippen LogP contribution in [0.2, 0.25) is 0 Å². The molecule has 10 heteroatoms. The zero-order valence-corrected chi connectivity index (χ0v) is 22.8. The van der Waals surface area contributed by atoms with Gasteiger partial charge in [0, 0.05) is 13.1 Å². The van der Waals surface area contributed by atoms with Gasteiger partial charge in [-0.2, -0.15) is 0 Å². The normalized spacial score (nSPS) is 15.9. The number of nitrogens with zero attached hydrogens (tertiary/aromatic N) is 1. The quantitative estimate of drug-likeness (QED) is 0.369.